The van der Waals surface area contributed by atoms with E-state index in [0.717, 1.165) is 17.0 Å². The van der Waals surface area contributed by atoms with E-state index < -0.39 is 17.7 Å². The van der Waals surface area contributed by atoms with E-state index in [1.54, 1.807) is 19.1 Å². The standard InChI is InChI=1S/C21H18F3NO3S/c1-12-19(13(2)29-17-5-3-4-14(10-17)11-18(26)27)28-20(25-12)15-6-8-16(9-7-15)21(22,23)24/h3-10,13H,11H2,1-2H3,(H,26,27). The van der Waals surface area contributed by atoms with Crippen molar-refractivity contribution >= 4 is 17.7 Å². The molecule has 2 aromatic carbocycles. The van der Waals surface area contributed by atoms with Gasteiger partial charge in [-0.3, -0.25) is 4.79 Å². The van der Waals surface area contributed by atoms with Crippen LogP contribution >= 0.6 is 11.8 Å². The van der Waals surface area contributed by atoms with Crippen molar-refractivity contribution in [3.63, 3.8) is 0 Å². The third kappa shape index (κ3) is 5.20. The monoisotopic (exact) mass is 421 g/mol. The Labute approximate surface area is 169 Å². The number of aryl methyl sites for hydroxylation is 1. The highest BCUT2D eigenvalue weighted by atomic mass is 32.2. The Morgan fingerprint density at radius 2 is 1.90 bits per heavy atom. The SMILES string of the molecule is Cc1nc(-c2ccc(C(F)(F)F)cc2)oc1C(C)Sc1cccc(CC(=O)O)c1. The molecule has 1 heterocycles. The third-order valence-corrected chi connectivity index (χ3v) is 5.32. The fraction of sp³-hybridized carbons (Fsp3) is 0.238. The lowest BCUT2D eigenvalue weighted by Crippen LogP contribution is -2.03. The van der Waals surface area contributed by atoms with Crippen LogP contribution < -0.4 is 0 Å². The number of carboxylic acids is 1. The van der Waals surface area contributed by atoms with Crippen LogP contribution in [0.15, 0.2) is 57.8 Å². The van der Waals surface area contributed by atoms with E-state index in [1.807, 2.05) is 19.1 Å². The van der Waals surface area contributed by atoms with Crippen LogP contribution in [0.4, 0.5) is 13.2 Å². The summed E-state index contributed by atoms with van der Waals surface area (Å²) in [5.41, 5.74) is 1.10. The van der Waals surface area contributed by atoms with Crippen molar-refractivity contribution < 1.29 is 27.5 Å². The maximum Gasteiger partial charge on any atom is 0.416 e. The van der Waals surface area contributed by atoms with Gasteiger partial charge in [0.25, 0.3) is 0 Å². The number of hydrogen-bond donors (Lipinski definition) is 1. The lowest BCUT2D eigenvalue weighted by molar-refractivity contribution is -0.138. The second-order valence-electron chi connectivity index (χ2n) is 6.52. The normalized spacial score (nSPS) is 12.7. The van der Waals surface area contributed by atoms with Crippen molar-refractivity contribution in [3.05, 3.63) is 71.1 Å². The second-order valence-corrected chi connectivity index (χ2v) is 7.94. The first-order valence-corrected chi connectivity index (χ1v) is 9.64. The highest BCUT2D eigenvalue weighted by molar-refractivity contribution is 7.99. The van der Waals surface area contributed by atoms with E-state index in [1.165, 1.54) is 23.9 Å². The van der Waals surface area contributed by atoms with E-state index >= 15 is 0 Å². The molecule has 0 saturated carbocycles. The number of aliphatic carboxylic acids is 1. The number of aromatic nitrogens is 1. The second kappa shape index (κ2) is 8.32. The van der Waals surface area contributed by atoms with Crippen molar-refractivity contribution in [1.82, 2.24) is 4.98 Å². The Kier molecular flexibility index (Phi) is 6.02. The molecule has 0 aliphatic heterocycles. The number of carboxylic acid groups (broad SMARTS) is 1. The van der Waals surface area contributed by atoms with Gasteiger partial charge in [-0.2, -0.15) is 13.2 Å². The molecule has 1 unspecified atom stereocenters. The van der Waals surface area contributed by atoms with Crippen LogP contribution in [0, 0.1) is 6.92 Å². The van der Waals surface area contributed by atoms with E-state index in [4.69, 9.17) is 9.52 Å². The van der Waals surface area contributed by atoms with Gasteiger partial charge in [-0.15, -0.1) is 11.8 Å². The smallest absolute Gasteiger partial charge is 0.416 e. The average molecular weight is 421 g/mol. The summed E-state index contributed by atoms with van der Waals surface area (Å²) >= 11 is 1.49. The fourth-order valence-electron chi connectivity index (χ4n) is 2.87. The number of oxazole rings is 1. The Balaban J connectivity index is 1.78. The summed E-state index contributed by atoms with van der Waals surface area (Å²) in [7, 11) is 0. The van der Waals surface area contributed by atoms with Crippen molar-refractivity contribution in [3.8, 4) is 11.5 Å². The molecule has 0 aliphatic carbocycles. The van der Waals surface area contributed by atoms with Gasteiger partial charge in [0.2, 0.25) is 5.89 Å². The lowest BCUT2D eigenvalue weighted by Gasteiger charge is -2.10. The topological polar surface area (TPSA) is 63.3 Å². The zero-order valence-corrected chi connectivity index (χ0v) is 16.5. The predicted octanol–water partition coefficient (Wildman–Crippen LogP) is 6.15. The molecule has 0 aliphatic rings. The van der Waals surface area contributed by atoms with Crippen LogP contribution in [0.1, 0.15) is 34.8 Å². The molecule has 0 radical (unpaired) electrons. The van der Waals surface area contributed by atoms with Gasteiger partial charge in [0.15, 0.2) is 0 Å². The minimum Gasteiger partial charge on any atom is -0.481 e. The van der Waals surface area contributed by atoms with Gasteiger partial charge in [0.05, 0.1) is 22.9 Å². The summed E-state index contributed by atoms with van der Waals surface area (Å²) in [6.45, 7) is 3.71. The molecule has 4 nitrogen and oxygen atoms in total. The summed E-state index contributed by atoms with van der Waals surface area (Å²) in [6.07, 6.45) is -4.45. The van der Waals surface area contributed by atoms with Gasteiger partial charge in [-0.05, 0) is 55.8 Å². The van der Waals surface area contributed by atoms with Crippen LogP contribution in [-0.4, -0.2) is 16.1 Å². The molecule has 8 heteroatoms. The van der Waals surface area contributed by atoms with Crippen LogP contribution in [0.3, 0.4) is 0 Å². The van der Waals surface area contributed by atoms with Crippen molar-refractivity contribution in [2.45, 2.75) is 36.6 Å². The van der Waals surface area contributed by atoms with Crippen molar-refractivity contribution in [2.75, 3.05) is 0 Å². The minimum atomic E-state index is -4.39. The number of benzene rings is 2. The molecule has 1 N–H and O–H groups in total. The van der Waals surface area contributed by atoms with Gasteiger partial charge in [-0.1, -0.05) is 12.1 Å². The minimum absolute atomic E-state index is 0.0534. The highest BCUT2D eigenvalue weighted by Gasteiger charge is 2.30. The molecule has 3 rings (SSSR count). The summed E-state index contributed by atoms with van der Waals surface area (Å²) in [5.74, 6) is -0.0145. The van der Waals surface area contributed by atoms with Gasteiger partial charge in [-0.25, -0.2) is 4.98 Å². The van der Waals surface area contributed by atoms with E-state index in [2.05, 4.69) is 4.98 Å². The molecule has 0 saturated heterocycles. The van der Waals surface area contributed by atoms with E-state index in [0.29, 0.717) is 22.6 Å². The Bertz CT molecular complexity index is 1010. The molecular weight excluding hydrogens is 403 g/mol. The predicted molar refractivity (Wildman–Crippen MR) is 104 cm³/mol. The number of rotatable bonds is 6. The highest BCUT2D eigenvalue weighted by Crippen LogP contribution is 2.38. The number of hydrogen-bond acceptors (Lipinski definition) is 4. The Morgan fingerprint density at radius 1 is 1.21 bits per heavy atom. The lowest BCUT2D eigenvalue weighted by atomic mass is 10.1. The first kappa shape index (κ1) is 21.0. The molecule has 152 valence electrons. The molecule has 3 aromatic rings. The maximum absolute atomic E-state index is 12.7. The van der Waals surface area contributed by atoms with Crippen LogP contribution in [0.25, 0.3) is 11.5 Å². The molecule has 29 heavy (non-hydrogen) atoms. The summed E-state index contributed by atoms with van der Waals surface area (Å²) in [4.78, 5) is 16.1. The first-order chi connectivity index (χ1) is 13.6. The molecule has 0 bridgehead atoms. The van der Waals surface area contributed by atoms with Gasteiger partial charge in [0, 0.05) is 10.5 Å². The van der Waals surface area contributed by atoms with Crippen LogP contribution in [0.5, 0.6) is 0 Å². The molecular formula is C21H18F3NO3S. The third-order valence-electron chi connectivity index (χ3n) is 4.23. The number of carbonyl (C=O) groups is 1. The van der Waals surface area contributed by atoms with E-state index in [-0.39, 0.29) is 17.6 Å². The molecule has 1 aromatic heterocycles. The number of halogens is 3. The fourth-order valence-corrected chi connectivity index (χ4v) is 3.98. The molecule has 0 amide bonds. The molecule has 1 atom stereocenters. The Hall–Kier alpha value is -2.74. The largest absolute Gasteiger partial charge is 0.481 e. The van der Waals surface area contributed by atoms with Crippen LogP contribution in [0.2, 0.25) is 0 Å². The quantitative estimate of drug-likeness (QED) is 0.484. The number of thioether (sulfide) groups is 1. The summed E-state index contributed by atoms with van der Waals surface area (Å²) in [5, 5.41) is 8.81. The van der Waals surface area contributed by atoms with Crippen molar-refractivity contribution in [2.24, 2.45) is 0 Å². The van der Waals surface area contributed by atoms with Gasteiger partial charge in [0.1, 0.15) is 5.76 Å². The van der Waals surface area contributed by atoms with Gasteiger partial charge >= 0.3 is 12.1 Å². The van der Waals surface area contributed by atoms with E-state index in [9.17, 15) is 18.0 Å². The van der Waals surface area contributed by atoms with Crippen LogP contribution in [-0.2, 0) is 17.4 Å². The number of nitrogens with zero attached hydrogens (tertiary/aromatic N) is 1. The van der Waals surface area contributed by atoms with Gasteiger partial charge < -0.3 is 9.52 Å². The first-order valence-electron chi connectivity index (χ1n) is 8.76. The molecule has 0 spiro atoms. The Morgan fingerprint density at radius 3 is 2.52 bits per heavy atom. The van der Waals surface area contributed by atoms with Crippen molar-refractivity contribution in [1.29, 1.82) is 0 Å². The zero-order chi connectivity index (χ0) is 21.2. The summed E-state index contributed by atoms with van der Waals surface area (Å²) < 4.78 is 44.0. The zero-order valence-electron chi connectivity index (χ0n) is 15.7. The molecule has 0 fully saturated rings. The summed E-state index contributed by atoms with van der Waals surface area (Å²) in [6, 6.07) is 11.9. The maximum atomic E-state index is 12.7. The average Bonchev–Trinajstić information content (AvgIpc) is 3.03. The number of alkyl halides is 3.